The highest BCUT2D eigenvalue weighted by Crippen LogP contribution is 2.64. The number of rotatable bonds is 6. The van der Waals surface area contributed by atoms with E-state index in [9.17, 15) is 14.0 Å². The number of carbonyl (C=O) groups excluding carboxylic acids is 2. The van der Waals surface area contributed by atoms with Gasteiger partial charge in [-0.25, -0.2) is 4.39 Å². The van der Waals surface area contributed by atoms with Crippen LogP contribution in [0.25, 0.3) is 5.57 Å². The Morgan fingerprint density at radius 1 is 1.11 bits per heavy atom. The summed E-state index contributed by atoms with van der Waals surface area (Å²) in [4.78, 5) is 31.7. The predicted octanol–water partition coefficient (Wildman–Crippen LogP) is 5.27. The molecule has 38 heavy (non-hydrogen) atoms. The third kappa shape index (κ3) is 4.16. The van der Waals surface area contributed by atoms with E-state index >= 15 is 0 Å². The van der Waals surface area contributed by atoms with Gasteiger partial charge in [0.05, 0.1) is 6.54 Å². The van der Waals surface area contributed by atoms with Crippen LogP contribution in [-0.4, -0.2) is 34.7 Å². The first-order chi connectivity index (χ1) is 18.3. The van der Waals surface area contributed by atoms with Crippen LogP contribution in [0.4, 0.5) is 10.1 Å². The molecule has 2 N–H and O–H groups in total. The molecule has 0 bridgehead atoms. The zero-order chi connectivity index (χ0) is 26.6. The molecule has 1 fully saturated rings. The minimum Gasteiger partial charge on any atom is -0.344 e. The highest BCUT2D eigenvalue weighted by molar-refractivity contribution is 6.25. The van der Waals surface area contributed by atoms with Gasteiger partial charge in [-0.2, -0.15) is 0 Å². The fourth-order valence-corrected chi connectivity index (χ4v) is 6.36. The zero-order valence-corrected chi connectivity index (χ0v) is 21.8. The Bertz CT molecular complexity index is 1510. The number of amides is 2. The summed E-state index contributed by atoms with van der Waals surface area (Å²) < 4.78 is 15.3. The first-order valence-corrected chi connectivity index (χ1v) is 13.1. The van der Waals surface area contributed by atoms with Gasteiger partial charge >= 0.3 is 0 Å². The number of anilines is 1. The molecule has 1 aromatic heterocycles. The molecule has 0 saturated heterocycles. The molecule has 1 aliphatic heterocycles. The molecule has 7 heteroatoms. The second-order valence-corrected chi connectivity index (χ2v) is 10.9. The maximum Gasteiger partial charge on any atom is 0.268 e. The predicted molar refractivity (Wildman–Crippen MR) is 147 cm³/mol. The lowest BCUT2D eigenvalue weighted by molar-refractivity contribution is -0.118. The third-order valence-corrected chi connectivity index (χ3v) is 8.37. The van der Waals surface area contributed by atoms with Crippen molar-refractivity contribution >= 4 is 28.8 Å². The van der Waals surface area contributed by atoms with Crippen LogP contribution in [0.3, 0.4) is 0 Å². The standard InChI is InChI=1S/C31H31FN4O2/c1-18-16-33-19(2)26(18)20-8-10-23(11-9-20)34-30(38)28(35-29(37)25-14-22(32)17-36(25)3)27-24-7-5-4-6-21(24)15-31(27)12-13-31/h4-11,14,17,27-28H,12-13,15-16H2,1-3H3,(H,34,38)(H,35,37)/t27?,28-/m0/s1. The minimum atomic E-state index is -0.805. The summed E-state index contributed by atoms with van der Waals surface area (Å²) in [6.07, 6.45) is 4.17. The fraction of sp³-hybridized carbons (Fsp3) is 0.323. The molecule has 0 radical (unpaired) electrons. The molecule has 3 aliphatic rings. The molecule has 3 aromatic rings. The molecule has 1 saturated carbocycles. The van der Waals surface area contributed by atoms with Crippen molar-refractivity contribution in [3.63, 3.8) is 0 Å². The Kier molecular flexibility index (Phi) is 5.82. The number of hydrogen-bond acceptors (Lipinski definition) is 3. The van der Waals surface area contributed by atoms with Gasteiger partial charge in [0.25, 0.3) is 5.91 Å². The Labute approximate surface area is 221 Å². The molecular weight excluding hydrogens is 479 g/mol. The van der Waals surface area contributed by atoms with Crippen molar-refractivity contribution in [3.8, 4) is 0 Å². The number of benzene rings is 2. The topological polar surface area (TPSA) is 75.5 Å². The molecule has 6 nitrogen and oxygen atoms in total. The van der Waals surface area contributed by atoms with Gasteiger partial charge in [-0.1, -0.05) is 36.4 Å². The molecule has 2 atom stereocenters. The largest absolute Gasteiger partial charge is 0.344 e. The second kappa shape index (κ2) is 9.08. The normalized spacial score (nSPS) is 19.8. The van der Waals surface area contributed by atoms with Gasteiger partial charge in [0.2, 0.25) is 5.91 Å². The second-order valence-electron chi connectivity index (χ2n) is 10.9. The molecule has 2 heterocycles. The average Bonchev–Trinajstić information content (AvgIpc) is 3.30. The number of fused-ring (bicyclic) bond motifs is 1. The van der Waals surface area contributed by atoms with Gasteiger partial charge in [-0.15, -0.1) is 0 Å². The van der Waals surface area contributed by atoms with Crippen LogP contribution in [0.15, 0.2) is 71.4 Å². The quantitative estimate of drug-likeness (QED) is 0.474. The molecule has 1 spiro atoms. The van der Waals surface area contributed by atoms with E-state index in [0.717, 1.165) is 48.2 Å². The van der Waals surface area contributed by atoms with Crippen LogP contribution < -0.4 is 10.6 Å². The highest BCUT2D eigenvalue weighted by atomic mass is 19.1. The first kappa shape index (κ1) is 24.3. The van der Waals surface area contributed by atoms with Crippen molar-refractivity contribution in [1.82, 2.24) is 9.88 Å². The number of carbonyl (C=O) groups is 2. The number of aliphatic imine (C=N–C) groups is 1. The van der Waals surface area contributed by atoms with E-state index < -0.39 is 17.8 Å². The van der Waals surface area contributed by atoms with Crippen molar-refractivity contribution in [2.75, 3.05) is 11.9 Å². The summed E-state index contributed by atoms with van der Waals surface area (Å²) in [5.74, 6) is -1.39. The SMILES string of the molecule is CC1=NCC(C)=C1c1ccc(NC(=O)[C@@H](NC(=O)c2cc(F)cn2C)C2c3ccccc3CC23CC3)cc1. The van der Waals surface area contributed by atoms with Crippen molar-refractivity contribution < 1.29 is 14.0 Å². The first-order valence-electron chi connectivity index (χ1n) is 13.1. The molecule has 2 aromatic carbocycles. The number of aryl methyl sites for hydroxylation is 1. The van der Waals surface area contributed by atoms with E-state index in [2.05, 4.69) is 34.7 Å². The van der Waals surface area contributed by atoms with Crippen molar-refractivity contribution in [1.29, 1.82) is 0 Å². The van der Waals surface area contributed by atoms with E-state index in [1.807, 2.05) is 43.3 Å². The van der Waals surface area contributed by atoms with Crippen LogP contribution in [0, 0.1) is 11.2 Å². The number of halogens is 1. The van der Waals surface area contributed by atoms with Gasteiger partial charge in [0, 0.05) is 42.2 Å². The maximum atomic E-state index is 13.9. The van der Waals surface area contributed by atoms with E-state index in [0.29, 0.717) is 5.69 Å². The summed E-state index contributed by atoms with van der Waals surface area (Å²) in [5, 5.41) is 6.04. The lowest BCUT2D eigenvalue weighted by atomic mass is 9.82. The summed E-state index contributed by atoms with van der Waals surface area (Å²) in [5.41, 5.74) is 7.61. The number of nitrogens with zero attached hydrogens (tertiary/aromatic N) is 2. The Morgan fingerprint density at radius 3 is 2.47 bits per heavy atom. The number of aromatic nitrogens is 1. The van der Waals surface area contributed by atoms with Crippen molar-refractivity contribution in [3.05, 3.63) is 94.6 Å². The van der Waals surface area contributed by atoms with Crippen molar-refractivity contribution in [2.45, 2.75) is 45.1 Å². The molecule has 194 valence electrons. The summed E-state index contributed by atoms with van der Waals surface area (Å²) in [6.45, 7) is 4.82. The Morgan fingerprint density at radius 2 is 1.84 bits per heavy atom. The smallest absolute Gasteiger partial charge is 0.268 e. The molecule has 2 aliphatic carbocycles. The molecule has 1 unspecified atom stereocenters. The summed E-state index contributed by atoms with van der Waals surface area (Å²) in [6, 6.07) is 16.3. The summed E-state index contributed by atoms with van der Waals surface area (Å²) >= 11 is 0. The van der Waals surface area contributed by atoms with Crippen LogP contribution in [0.5, 0.6) is 0 Å². The van der Waals surface area contributed by atoms with Crippen LogP contribution >= 0.6 is 0 Å². The molecule has 2 amide bonds. The van der Waals surface area contributed by atoms with E-state index in [-0.39, 0.29) is 22.9 Å². The van der Waals surface area contributed by atoms with E-state index in [1.165, 1.54) is 28.0 Å². The van der Waals surface area contributed by atoms with Crippen LogP contribution in [0.1, 0.15) is 59.8 Å². The molecule has 6 rings (SSSR count). The van der Waals surface area contributed by atoms with Gasteiger partial charge in [0.15, 0.2) is 0 Å². The number of hydrogen-bond donors (Lipinski definition) is 2. The monoisotopic (exact) mass is 510 g/mol. The lowest BCUT2D eigenvalue weighted by Crippen LogP contribution is -2.49. The molecular formula is C31H31FN4O2. The summed E-state index contributed by atoms with van der Waals surface area (Å²) in [7, 11) is 1.62. The van der Waals surface area contributed by atoms with Gasteiger partial charge in [0.1, 0.15) is 17.6 Å². The van der Waals surface area contributed by atoms with Gasteiger partial charge in [-0.3, -0.25) is 14.6 Å². The van der Waals surface area contributed by atoms with Crippen LogP contribution in [0.2, 0.25) is 0 Å². The number of nitrogens with one attached hydrogen (secondary N) is 2. The average molecular weight is 511 g/mol. The van der Waals surface area contributed by atoms with E-state index in [4.69, 9.17) is 0 Å². The van der Waals surface area contributed by atoms with Crippen molar-refractivity contribution in [2.24, 2.45) is 17.5 Å². The lowest BCUT2D eigenvalue weighted by Gasteiger charge is -2.29. The third-order valence-electron chi connectivity index (χ3n) is 8.37. The Balaban J connectivity index is 1.30. The zero-order valence-electron chi connectivity index (χ0n) is 21.8. The van der Waals surface area contributed by atoms with Gasteiger partial charge < -0.3 is 15.2 Å². The van der Waals surface area contributed by atoms with Crippen LogP contribution in [-0.2, 0) is 18.3 Å². The minimum absolute atomic E-state index is 0.0361. The highest BCUT2D eigenvalue weighted by Gasteiger charge is 2.58. The van der Waals surface area contributed by atoms with Gasteiger partial charge in [-0.05, 0) is 72.9 Å². The van der Waals surface area contributed by atoms with E-state index in [1.54, 1.807) is 7.05 Å². The fourth-order valence-electron chi connectivity index (χ4n) is 6.36. The maximum absolute atomic E-state index is 13.9. The Hall–Kier alpha value is -4.00. The number of allylic oxidation sites excluding steroid dienone is 1.